The predicted molar refractivity (Wildman–Crippen MR) is 48.4 cm³/mol. The average Bonchev–Trinajstić information content (AvgIpc) is 2.01. The van der Waals surface area contributed by atoms with E-state index in [-0.39, 0.29) is 10.4 Å². The van der Waals surface area contributed by atoms with Crippen LogP contribution in [0.1, 0.15) is 13.8 Å². The molecule has 0 aliphatic heterocycles. The molecule has 0 radical (unpaired) electrons. The van der Waals surface area contributed by atoms with Crippen LogP contribution in [0.15, 0.2) is 12.7 Å². The zero-order chi connectivity index (χ0) is 9.61. The van der Waals surface area contributed by atoms with E-state index >= 15 is 0 Å². The van der Waals surface area contributed by atoms with Gasteiger partial charge >= 0.3 is 5.91 Å². The van der Waals surface area contributed by atoms with Gasteiger partial charge in [-0.15, -0.1) is 0 Å². The smallest absolute Gasteiger partial charge is 0.312 e. The summed E-state index contributed by atoms with van der Waals surface area (Å²) < 4.78 is 5.49. The van der Waals surface area contributed by atoms with Gasteiger partial charge in [0.05, 0.1) is 14.0 Å². The van der Waals surface area contributed by atoms with E-state index in [4.69, 9.17) is 4.74 Å². The number of quaternary nitrogens is 1. The first-order valence-electron chi connectivity index (χ1n) is 4.11. The summed E-state index contributed by atoms with van der Waals surface area (Å²) in [5.74, 6) is 0.100. The van der Waals surface area contributed by atoms with Crippen LogP contribution in [0.3, 0.4) is 0 Å². The Balaban J connectivity index is 4.17. The summed E-state index contributed by atoms with van der Waals surface area (Å²) in [6, 6.07) is 0. The minimum atomic E-state index is 0.100. The lowest BCUT2D eigenvalue weighted by Crippen LogP contribution is -2.49. The lowest BCUT2D eigenvalue weighted by molar-refractivity contribution is -0.849. The van der Waals surface area contributed by atoms with Gasteiger partial charge in [0, 0.05) is 6.61 Å². The zero-order valence-electron chi connectivity index (χ0n) is 8.17. The fourth-order valence-electron chi connectivity index (χ4n) is 0.850. The molecular formula is C9H18NO2+. The normalized spacial score (nSPS) is 15.2. The van der Waals surface area contributed by atoms with Gasteiger partial charge in [-0.25, -0.2) is 9.28 Å². The van der Waals surface area contributed by atoms with Crippen molar-refractivity contribution in [1.29, 1.82) is 0 Å². The third kappa shape index (κ3) is 3.15. The molecule has 0 saturated heterocycles. The van der Waals surface area contributed by atoms with E-state index in [1.165, 1.54) is 0 Å². The molecule has 1 atom stereocenters. The van der Waals surface area contributed by atoms with Gasteiger partial charge in [-0.3, -0.25) is 0 Å². The lowest BCUT2D eigenvalue weighted by atomic mass is 10.4. The van der Waals surface area contributed by atoms with Crippen molar-refractivity contribution in [1.82, 2.24) is 0 Å². The maximum Gasteiger partial charge on any atom is 0.312 e. The Bertz CT molecular complexity index is 168. The first kappa shape index (κ1) is 11.3. The second-order valence-corrected chi connectivity index (χ2v) is 3.01. The molecule has 3 heteroatoms. The van der Waals surface area contributed by atoms with E-state index in [1.807, 2.05) is 14.0 Å². The predicted octanol–water partition coefficient (Wildman–Crippen LogP) is 1.16. The summed E-state index contributed by atoms with van der Waals surface area (Å²) in [7, 11) is 1.85. The highest BCUT2D eigenvalue weighted by Gasteiger charge is 2.25. The van der Waals surface area contributed by atoms with Crippen molar-refractivity contribution in [2.24, 2.45) is 0 Å². The van der Waals surface area contributed by atoms with Gasteiger partial charge in [-0.2, -0.15) is 0 Å². The summed E-state index contributed by atoms with van der Waals surface area (Å²) in [6.07, 6.45) is 1.74. The van der Waals surface area contributed by atoms with Crippen LogP contribution in [-0.4, -0.2) is 37.3 Å². The molecule has 0 aliphatic rings. The molecule has 0 N–H and O–H groups in total. The Morgan fingerprint density at radius 2 is 2.25 bits per heavy atom. The molecule has 3 nitrogen and oxygen atoms in total. The SMILES string of the molecule is C=CC[N+](C)(COCC)C(C)=O. The van der Waals surface area contributed by atoms with Crippen molar-refractivity contribution in [3.8, 4) is 0 Å². The number of amides is 1. The second kappa shape index (κ2) is 5.06. The molecule has 0 bridgehead atoms. The summed E-state index contributed by atoms with van der Waals surface area (Å²) in [6.45, 7) is 8.79. The monoisotopic (exact) mass is 172 g/mol. The minimum Gasteiger partial charge on any atom is -0.332 e. The summed E-state index contributed by atoms with van der Waals surface area (Å²) in [4.78, 5) is 11.2. The number of carbonyl (C=O) groups excluding carboxylic acids is 1. The van der Waals surface area contributed by atoms with Crippen molar-refractivity contribution in [2.45, 2.75) is 13.8 Å². The maximum atomic E-state index is 11.2. The van der Waals surface area contributed by atoms with E-state index in [0.29, 0.717) is 19.9 Å². The van der Waals surface area contributed by atoms with Gasteiger partial charge in [-0.1, -0.05) is 6.58 Å². The average molecular weight is 172 g/mol. The summed E-state index contributed by atoms with van der Waals surface area (Å²) in [5.41, 5.74) is 0. The van der Waals surface area contributed by atoms with E-state index in [9.17, 15) is 4.79 Å². The highest BCUT2D eigenvalue weighted by Crippen LogP contribution is 2.03. The number of nitrogens with zero attached hydrogens (tertiary/aromatic N) is 1. The van der Waals surface area contributed by atoms with Gasteiger partial charge in [0.2, 0.25) is 0 Å². The Morgan fingerprint density at radius 3 is 2.58 bits per heavy atom. The molecule has 0 aromatic heterocycles. The van der Waals surface area contributed by atoms with Crippen LogP contribution in [0.4, 0.5) is 0 Å². The molecule has 0 heterocycles. The molecule has 0 aliphatic carbocycles. The molecule has 0 fully saturated rings. The number of likely N-dealkylation sites (N-methyl/N-ethyl adjacent to an activating group) is 1. The van der Waals surface area contributed by atoms with Crippen LogP contribution in [0.2, 0.25) is 0 Å². The van der Waals surface area contributed by atoms with E-state index in [0.717, 1.165) is 0 Å². The largest absolute Gasteiger partial charge is 0.332 e. The van der Waals surface area contributed by atoms with Gasteiger partial charge in [0.25, 0.3) is 0 Å². The molecule has 0 aromatic carbocycles. The van der Waals surface area contributed by atoms with Gasteiger partial charge in [0.15, 0.2) is 6.73 Å². The molecule has 0 spiro atoms. The van der Waals surface area contributed by atoms with E-state index in [1.54, 1.807) is 13.0 Å². The van der Waals surface area contributed by atoms with Crippen LogP contribution >= 0.6 is 0 Å². The third-order valence-corrected chi connectivity index (χ3v) is 1.87. The number of hydrogen-bond acceptors (Lipinski definition) is 2. The van der Waals surface area contributed by atoms with Crippen molar-refractivity contribution in [3.63, 3.8) is 0 Å². The molecule has 1 unspecified atom stereocenters. The van der Waals surface area contributed by atoms with Crippen molar-refractivity contribution in [2.75, 3.05) is 26.9 Å². The number of rotatable bonds is 5. The number of carbonyl (C=O) groups is 1. The van der Waals surface area contributed by atoms with Crippen molar-refractivity contribution >= 4 is 5.91 Å². The fraction of sp³-hybridized carbons (Fsp3) is 0.667. The van der Waals surface area contributed by atoms with Crippen LogP contribution in [0, 0.1) is 0 Å². The third-order valence-electron chi connectivity index (χ3n) is 1.87. The molecule has 1 amide bonds. The first-order chi connectivity index (χ1) is 5.56. The molecule has 0 rings (SSSR count). The minimum absolute atomic E-state index is 0.100. The molecule has 0 saturated carbocycles. The van der Waals surface area contributed by atoms with Gasteiger partial charge in [-0.05, 0) is 13.0 Å². The maximum absolute atomic E-state index is 11.2. The molecule has 0 aromatic rings. The number of hydrogen-bond donors (Lipinski definition) is 0. The van der Waals surface area contributed by atoms with Crippen molar-refractivity contribution < 1.29 is 14.0 Å². The van der Waals surface area contributed by atoms with Crippen LogP contribution in [0.25, 0.3) is 0 Å². The first-order valence-corrected chi connectivity index (χ1v) is 4.11. The standard InChI is InChI=1S/C9H18NO2/c1-5-7-10(4,9(3)11)8-12-6-2/h5H,1,6-8H2,2-4H3/q+1. The fourth-order valence-corrected chi connectivity index (χ4v) is 0.850. The van der Waals surface area contributed by atoms with Gasteiger partial charge in [0.1, 0.15) is 6.54 Å². The molecular weight excluding hydrogens is 154 g/mol. The van der Waals surface area contributed by atoms with Crippen LogP contribution in [0.5, 0.6) is 0 Å². The molecule has 70 valence electrons. The highest BCUT2D eigenvalue weighted by molar-refractivity contribution is 5.65. The summed E-state index contributed by atoms with van der Waals surface area (Å²) >= 11 is 0. The Morgan fingerprint density at radius 1 is 1.67 bits per heavy atom. The van der Waals surface area contributed by atoms with Crippen molar-refractivity contribution in [3.05, 3.63) is 12.7 Å². The lowest BCUT2D eigenvalue weighted by Gasteiger charge is -2.28. The zero-order valence-corrected chi connectivity index (χ0v) is 8.17. The quantitative estimate of drug-likeness (QED) is 0.353. The van der Waals surface area contributed by atoms with Crippen LogP contribution < -0.4 is 0 Å². The Kier molecular flexibility index (Phi) is 4.78. The van der Waals surface area contributed by atoms with Crippen LogP contribution in [-0.2, 0) is 9.53 Å². The highest BCUT2D eigenvalue weighted by atomic mass is 16.5. The topological polar surface area (TPSA) is 26.3 Å². The number of ether oxygens (including phenoxy) is 1. The Labute approximate surface area is 74.2 Å². The van der Waals surface area contributed by atoms with E-state index < -0.39 is 0 Å². The molecule has 12 heavy (non-hydrogen) atoms. The van der Waals surface area contributed by atoms with E-state index in [2.05, 4.69) is 6.58 Å². The summed E-state index contributed by atoms with van der Waals surface area (Å²) in [5, 5.41) is 0. The Hall–Kier alpha value is -0.670. The second-order valence-electron chi connectivity index (χ2n) is 3.01. The van der Waals surface area contributed by atoms with Gasteiger partial charge < -0.3 is 4.74 Å².